The number of fused-ring (bicyclic) bond motifs is 1. The van der Waals surface area contributed by atoms with Gasteiger partial charge in [-0.25, -0.2) is 4.98 Å². The number of nitrogens with zero attached hydrogens (tertiary/aromatic N) is 2. The predicted molar refractivity (Wildman–Crippen MR) is 84.3 cm³/mol. The molecule has 3 rings (SSSR count). The second-order valence-corrected chi connectivity index (χ2v) is 6.22. The fourth-order valence-electron chi connectivity index (χ4n) is 2.16. The summed E-state index contributed by atoms with van der Waals surface area (Å²) >= 11 is 7.37. The van der Waals surface area contributed by atoms with Gasteiger partial charge >= 0.3 is 0 Å². The highest BCUT2D eigenvalue weighted by atomic mass is 35.5. The van der Waals surface area contributed by atoms with Crippen LogP contribution in [0.25, 0.3) is 10.9 Å². The maximum Gasteiger partial charge on any atom is 0.113 e. The number of benzene rings is 1. The van der Waals surface area contributed by atoms with Gasteiger partial charge in [0.2, 0.25) is 0 Å². The Morgan fingerprint density at radius 2 is 2.05 bits per heavy atom. The molecule has 3 nitrogen and oxygen atoms in total. The molecule has 1 aromatic carbocycles. The zero-order valence-electron chi connectivity index (χ0n) is 10.8. The first-order valence-electron chi connectivity index (χ1n) is 6.46. The first kappa shape index (κ1) is 13.5. The van der Waals surface area contributed by atoms with E-state index in [9.17, 15) is 0 Å². The third-order valence-electron chi connectivity index (χ3n) is 3.09. The lowest BCUT2D eigenvalue weighted by Gasteiger charge is -2.06. The molecule has 0 aliphatic heterocycles. The molecule has 0 fully saturated rings. The minimum atomic E-state index is 0.736. The van der Waals surface area contributed by atoms with Crippen LogP contribution in [0.5, 0.6) is 0 Å². The Kier molecular flexibility index (Phi) is 4.25. The number of pyridine rings is 1. The molecule has 0 unspecified atom stereocenters. The molecule has 0 spiro atoms. The number of hydrogen-bond donors (Lipinski definition) is 1. The molecular formula is C15H14ClN3S. The van der Waals surface area contributed by atoms with Crippen LogP contribution < -0.4 is 5.32 Å². The minimum Gasteiger partial charge on any atom is -0.310 e. The van der Waals surface area contributed by atoms with E-state index in [0.717, 1.165) is 34.4 Å². The molecule has 5 heteroatoms. The summed E-state index contributed by atoms with van der Waals surface area (Å²) < 4.78 is 0.736. The van der Waals surface area contributed by atoms with Gasteiger partial charge in [0.15, 0.2) is 0 Å². The van der Waals surface area contributed by atoms with Gasteiger partial charge in [0.1, 0.15) is 9.34 Å². The fraction of sp³-hybridized carbons (Fsp3) is 0.200. The highest BCUT2D eigenvalue weighted by molar-refractivity contribution is 7.15. The Hall–Kier alpha value is -1.49. The largest absolute Gasteiger partial charge is 0.310 e. The average Bonchev–Trinajstić information content (AvgIpc) is 2.89. The van der Waals surface area contributed by atoms with Gasteiger partial charge < -0.3 is 5.32 Å². The lowest BCUT2D eigenvalue weighted by Crippen LogP contribution is -2.16. The molecule has 0 atom stereocenters. The van der Waals surface area contributed by atoms with Crippen molar-refractivity contribution in [2.75, 3.05) is 6.54 Å². The van der Waals surface area contributed by atoms with E-state index in [0.29, 0.717) is 0 Å². The van der Waals surface area contributed by atoms with Crippen LogP contribution in [0.1, 0.15) is 10.6 Å². The van der Waals surface area contributed by atoms with Crippen molar-refractivity contribution in [3.8, 4) is 0 Å². The SMILES string of the molecule is Clc1cnc(CNCCc2cccc3cccnc23)s1. The molecule has 2 heterocycles. The second-order valence-electron chi connectivity index (χ2n) is 4.48. The highest BCUT2D eigenvalue weighted by Gasteiger charge is 2.02. The standard InChI is InChI=1S/C15H14ClN3S/c16-13-9-19-14(20-13)10-17-8-6-12-4-1-3-11-5-2-7-18-15(11)12/h1-5,7,9,17H,6,8,10H2. The normalized spacial score (nSPS) is 11.1. The number of rotatable bonds is 5. The van der Waals surface area contributed by atoms with E-state index in [4.69, 9.17) is 11.6 Å². The third-order valence-corrected chi connectivity index (χ3v) is 4.20. The lowest BCUT2D eigenvalue weighted by atomic mass is 10.1. The summed E-state index contributed by atoms with van der Waals surface area (Å²) in [6.07, 6.45) is 4.49. The fourth-order valence-corrected chi connectivity index (χ4v) is 3.08. The topological polar surface area (TPSA) is 37.8 Å². The molecule has 2 aromatic heterocycles. The summed E-state index contributed by atoms with van der Waals surface area (Å²) in [6, 6.07) is 10.4. The van der Waals surface area contributed by atoms with Crippen molar-refractivity contribution in [3.05, 3.63) is 57.6 Å². The summed E-state index contributed by atoms with van der Waals surface area (Å²) in [6.45, 7) is 1.66. The van der Waals surface area contributed by atoms with Crippen molar-refractivity contribution in [3.63, 3.8) is 0 Å². The van der Waals surface area contributed by atoms with Gasteiger partial charge in [-0.3, -0.25) is 4.98 Å². The average molecular weight is 304 g/mol. The van der Waals surface area contributed by atoms with Crippen LogP contribution in [0.15, 0.2) is 42.7 Å². The molecule has 0 amide bonds. The quantitative estimate of drug-likeness (QED) is 0.731. The maximum atomic E-state index is 5.85. The van der Waals surface area contributed by atoms with Gasteiger partial charge in [0.05, 0.1) is 11.7 Å². The first-order valence-corrected chi connectivity index (χ1v) is 7.66. The number of halogens is 1. The number of para-hydroxylation sites is 1. The van der Waals surface area contributed by atoms with Crippen LogP contribution in [0.2, 0.25) is 4.34 Å². The molecule has 0 bridgehead atoms. The first-order chi connectivity index (χ1) is 9.83. The maximum absolute atomic E-state index is 5.85. The van der Waals surface area contributed by atoms with Crippen molar-refractivity contribution in [2.45, 2.75) is 13.0 Å². The van der Waals surface area contributed by atoms with Crippen LogP contribution >= 0.6 is 22.9 Å². The molecular weight excluding hydrogens is 290 g/mol. The van der Waals surface area contributed by atoms with E-state index in [1.807, 2.05) is 12.3 Å². The van der Waals surface area contributed by atoms with Gasteiger partial charge in [0.25, 0.3) is 0 Å². The van der Waals surface area contributed by atoms with Crippen molar-refractivity contribution >= 4 is 33.8 Å². The molecule has 0 aliphatic rings. The summed E-state index contributed by atoms with van der Waals surface area (Å²) in [7, 11) is 0. The molecule has 1 N–H and O–H groups in total. The van der Waals surface area contributed by atoms with Crippen LogP contribution in [0, 0.1) is 0 Å². The number of aromatic nitrogens is 2. The van der Waals surface area contributed by atoms with E-state index in [1.54, 1.807) is 6.20 Å². The highest BCUT2D eigenvalue weighted by Crippen LogP contribution is 2.18. The van der Waals surface area contributed by atoms with Gasteiger partial charge in [-0.15, -0.1) is 11.3 Å². The summed E-state index contributed by atoms with van der Waals surface area (Å²) in [5.74, 6) is 0. The van der Waals surface area contributed by atoms with E-state index in [-0.39, 0.29) is 0 Å². The van der Waals surface area contributed by atoms with E-state index < -0.39 is 0 Å². The van der Waals surface area contributed by atoms with Gasteiger partial charge in [-0.2, -0.15) is 0 Å². The molecule has 0 aliphatic carbocycles. The summed E-state index contributed by atoms with van der Waals surface area (Å²) in [4.78, 5) is 8.69. The lowest BCUT2D eigenvalue weighted by molar-refractivity contribution is 0.685. The molecule has 0 saturated heterocycles. The molecule has 102 valence electrons. The van der Waals surface area contributed by atoms with E-state index in [1.165, 1.54) is 22.3 Å². The summed E-state index contributed by atoms with van der Waals surface area (Å²) in [5.41, 5.74) is 2.36. The summed E-state index contributed by atoms with van der Waals surface area (Å²) in [5, 5.41) is 5.60. The van der Waals surface area contributed by atoms with Gasteiger partial charge in [0, 0.05) is 18.1 Å². The van der Waals surface area contributed by atoms with Gasteiger partial charge in [-0.1, -0.05) is 35.9 Å². The number of thiazole rings is 1. The molecule has 20 heavy (non-hydrogen) atoms. The molecule has 3 aromatic rings. The zero-order chi connectivity index (χ0) is 13.8. The third kappa shape index (κ3) is 3.15. The van der Waals surface area contributed by atoms with Gasteiger partial charge in [-0.05, 0) is 24.6 Å². The van der Waals surface area contributed by atoms with Crippen molar-refractivity contribution in [2.24, 2.45) is 0 Å². The Morgan fingerprint density at radius 1 is 1.15 bits per heavy atom. The smallest absolute Gasteiger partial charge is 0.113 e. The molecule has 0 saturated carbocycles. The van der Waals surface area contributed by atoms with Crippen LogP contribution in [0.3, 0.4) is 0 Å². The Labute approximate surface area is 126 Å². The van der Waals surface area contributed by atoms with Crippen LogP contribution in [0.4, 0.5) is 0 Å². The Bertz CT molecular complexity index is 706. The van der Waals surface area contributed by atoms with E-state index in [2.05, 4.69) is 39.6 Å². The van der Waals surface area contributed by atoms with Crippen molar-refractivity contribution in [1.82, 2.24) is 15.3 Å². The van der Waals surface area contributed by atoms with E-state index >= 15 is 0 Å². The Morgan fingerprint density at radius 3 is 2.90 bits per heavy atom. The predicted octanol–water partition coefficient (Wildman–Crippen LogP) is 3.68. The number of hydrogen-bond acceptors (Lipinski definition) is 4. The van der Waals surface area contributed by atoms with Crippen LogP contribution in [-0.2, 0) is 13.0 Å². The second kappa shape index (κ2) is 6.31. The van der Waals surface area contributed by atoms with Crippen LogP contribution in [-0.4, -0.2) is 16.5 Å². The van der Waals surface area contributed by atoms with Crippen molar-refractivity contribution in [1.29, 1.82) is 0 Å². The van der Waals surface area contributed by atoms with Crippen molar-refractivity contribution < 1.29 is 0 Å². The minimum absolute atomic E-state index is 0.736. The monoisotopic (exact) mass is 303 g/mol. The Balaban J connectivity index is 1.60. The zero-order valence-corrected chi connectivity index (χ0v) is 12.4. The number of nitrogens with one attached hydrogen (secondary N) is 1. The molecule has 0 radical (unpaired) electrons.